The number of pyridine rings is 1. The minimum absolute atomic E-state index is 0.149. The molecule has 28 heavy (non-hydrogen) atoms. The second-order valence-electron chi connectivity index (χ2n) is 6.66. The summed E-state index contributed by atoms with van der Waals surface area (Å²) < 4.78 is 0.942. The second kappa shape index (κ2) is 8.69. The maximum Gasteiger partial charge on any atom is 0.257 e. The lowest BCUT2D eigenvalue weighted by Gasteiger charge is -2.22. The number of hydrogen-bond acceptors (Lipinski definition) is 5. The van der Waals surface area contributed by atoms with Crippen LogP contribution in [0, 0.1) is 0 Å². The lowest BCUT2D eigenvalue weighted by atomic mass is 10.1. The molecule has 1 aliphatic heterocycles. The highest BCUT2D eigenvalue weighted by Crippen LogP contribution is 2.34. The largest absolute Gasteiger partial charge is 0.298 e. The van der Waals surface area contributed by atoms with E-state index in [-0.39, 0.29) is 11.9 Å². The number of nitrogens with zero attached hydrogens (tertiary/aromatic N) is 3. The van der Waals surface area contributed by atoms with E-state index >= 15 is 0 Å². The summed E-state index contributed by atoms with van der Waals surface area (Å²) in [5, 5.41) is 6.08. The van der Waals surface area contributed by atoms with Crippen molar-refractivity contribution in [3.05, 3.63) is 74.4 Å². The molecular formula is C20H18BrClN4OS. The van der Waals surface area contributed by atoms with Crippen LogP contribution in [0.15, 0.2) is 52.4 Å². The molecule has 0 spiro atoms. The van der Waals surface area contributed by atoms with E-state index in [1.807, 2.05) is 35.8 Å². The van der Waals surface area contributed by atoms with Gasteiger partial charge in [0, 0.05) is 28.2 Å². The fourth-order valence-corrected chi connectivity index (χ4v) is 4.48. The number of likely N-dealkylation sites (tertiary alicyclic amines) is 1. The van der Waals surface area contributed by atoms with Crippen LogP contribution in [-0.2, 0) is 6.54 Å². The van der Waals surface area contributed by atoms with Gasteiger partial charge in [-0.3, -0.25) is 15.0 Å². The van der Waals surface area contributed by atoms with E-state index in [0.717, 1.165) is 41.7 Å². The van der Waals surface area contributed by atoms with Crippen LogP contribution >= 0.6 is 38.9 Å². The van der Waals surface area contributed by atoms with Gasteiger partial charge >= 0.3 is 0 Å². The number of benzene rings is 1. The van der Waals surface area contributed by atoms with E-state index in [9.17, 15) is 4.79 Å². The van der Waals surface area contributed by atoms with Gasteiger partial charge < -0.3 is 0 Å². The van der Waals surface area contributed by atoms with Crippen LogP contribution in [0.5, 0.6) is 0 Å². The average molecular weight is 478 g/mol. The monoisotopic (exact) mass is 476 g/mol. The summed E-state index contributed by atoms with van der Waals surface area (Å²) in [7, 11) is 0. The number of amides is 1. The van der Waals surface area contributed by atoms with E-state index < -0.39 is 0 Å². The maximum atomic E-state index is 12.4. The molecule has 0 aliphatic carbocycles. The molecule has 144 valence electrons. The summed E-state index contributed by atoms with van der Waals surface area (Å²) in [6.07, 6.45) is 4.01. The lowest BCUT2D eigenvalue weighted by Crippen LogP contribution is -2.23. The minimum Gasteiger partial charge on any atom is -0.298 e. The van der Waals surface area contributed by atoms with Crippen molar-refractivity contribution in [2.75, 3.05) is 11.9 Å². The van der Waals surface area contributed by atoms with E-state index in [1.54, 1.807) is 12.1 Å². The Morgan fingerprint density at radius 2 is 2.11 bits per heavy atom. The maximum absolute atomic E-state index is 12.4. The first-order valence-electron chi connectivity index (χ1n) is 8.95. The lowest BCUT2D eigenvalue weighted by molar-refractivity contribution is 0.102. The van der Waals surface area contributed by atoms with Gasteiger partial charge in [0.05, 0.1) is 11.7 Å². The molecule has 1 amide bonds. The number of anilines is 1. The van der Waals surface area contributed by atoms with Crippen LogP contribution in [-0.4, -0.2) is 27.3 Å². The Bertz CT molecular complexity index is 961. The van der Waals surface area contributed by atoms with E-state index in [4.69, 9.17) is 11.6 Å². The van der Waals surface area contributed by atoms with Crippen molar-refractivity contribution in [2.45, 2.75) is 25.4 Å². The fourth-order valence-electron chi connectivity index (χ4n) is 3.35. The molecule has 1 fully saturated rings. The van der Waals surface area contributed by atoms with Crippen molar-refractivity contribution in [3.63, 3.8) is 0 Å². The summed E-state index contributed by atoms with van der Waals surface area (Å²) in [5.41, 5.74) is 2.75. The fraction of sp³-hybridized carbons (Fsp3) is 0.250. The van der Waals surface area contributed by atoms with Crippen molar-refractivity contribution < 1.29 is 4.79 Å². The molecule has 0 unspecified atom stereocenters. The molecule has 1 aromatic carbocycles. The Morgan fingerprint density at radius 1 is 1.29 bits per heavy atom. The van der Waals surface area contributed by atoms with Gasteiger partial charge in [-0.25, -0.2) is 9.97 Å². The van der Waals surface area contributed by atoms with Crippen LogP contribution in [0.25, 0.3) is 0 Å². The molecule has 2 aromatic heterocycles. The van der Waals surface area contributed by atoms with Crippen LogP contribution in [0.2, 0.25) is 5.15 Å². The SMILES string of the molecule is O=C(Nc1nc([C@H]2CCCN2Cc2ccc(Cl)nc2)cs1)c1ccc(Br)cc1. The first kappa shape index (κ1) is 19.5. The number of nitrogens with one attached hydrogen (secondary N) is 1. The second-order valence-corrected chi connectivity index (χ2v) is 8.82. The van der Waals surface area contributed by atoms with Crippen molar-refractivity contribution in [1.29, 1.82) is 0 Å². The number of carbonyl (C=O) groups is 1. The Balaban J connectivity index is 1.43. The number of hydrogen-bond donors (Lipinski definition) is 1. The molecule has 1 N–H and O–H groups in total. The van der Waals surface area contributed by atoms with Crippen molar-refractivity contribution >= 4 is 49.9 Å². The van der Waals surface area contributed by atoms with Crippen LogP contribution in [0.3, 0.4) is 0 Å². The molecule has 8 heteroatoms. The number of carbonyl (C=O) groups excluding carboxylic acids is 1. The number of thiazole rings is 1. The minimum atomic E-state index is -0.149. The average Bonchev–Trinajstić information content (AvgIpc) is 3.33. The highest BCUT2D eigenvalue weighted by atomic mass is 79.9. The number of halogens is 2. The van der Waals surface area contributed by atoms with E-state index in [0.29, 0.717) is 15.8 Å². The van der Waals surface area contributed by atoms with Crippen LogP contribution < -0.4 is 5.32 Å². The molecule has 1 atom stereocenters. The Hall–Kier alpha value is -1.80. The third-order valence-corrected chi connectivity index (χ3v) is 6.26. The normalized spacial score (nSPS) is 17.0. The zero-order valence-electron chi connectivity index (χ0n) is 14.9. The molecule has 4 rings (SSSR count). The predicted molar refractivity (Wildman–Crippen MR) is 116 cm³/mol. The molecule has 0 radical (unpaired) electrons. The van der Waals surface area contributed by atoms with E-state index in [2.05, 4.69) is 36.1 Å². The highest BCUT2D eigenvalue weighted by molar-refractivity contribution is 9.10. The highest BCUT2D eigenvalue weighted by Gasteiger charge is 2.28. The van der Waals surface area contributed by atoms with E-state index in [1.165, 1.54) is 11.3 Å². The van der Waals surface area contributed by atoms with Gasteiger partial charge in [-0.15, -0.1) is 11.3 Å². The third-order valence-electron chi connectivity index (χ3n) is 4.73. The smallest absolute Gasteiger partial charge is 0.257 e. The summed E-state index contributed by atoms with van der Waals surface area (Å²) in [4.78, 5) is 23.6. The van der Waals surface area contributed by atoms with Gasteiger partial charge in [-0.1, -0.05) is 33.6 Å². The zero-order valence-corrected chi connectivity index (χ0v) is 18.1. The molecule has 1 aliphatic rings. The summed E-state index contributed by atoms with van der Waals surface area (Å²) >= 11 is 10.7. The standard InChI is InChI=1S/C20H18BrClN4OS/c21-15-6-4-14(5-7-15)19(27)25-20-24-16(12-28-20)17-2-1-9-26(17)11-13-3-8-18(22)23-10-13/h3-8,10,12,17H,1-2,9,11H2,(H,24,25,27)/t17-/m1/s1. The summed E-state index contributed by atoms with van der Waals surface area (Å²) in [5.74, 6) is -0.149. The van der Waals surface area contributed by atoms with Crippen molar-refractivity contribution in [2.24, 2.45) is 0 Å². The first-order chi connectivity index (χ1) is 13.6. The molecule has 1 saturated heterocycles. The quantitative estimate of drug-likeness (QED) is 0.490. The molecule has 0 saturated carbocycles. The zero-order chi connectivity index (χ0) is 19.5. The molecule has 5 nitrogen and oxygen atoms in total. The number of rotatable bonds is 5. The molecule has 0 bridgehead atoms. The molecular weight excluding hydrogens is 460 g/mol. The Labute approximate surface area is 180 Å². The van der Waals surface area contributed by atoms with Gasteiger partial charge in [0.2, 0.25) is 0 Å². The molecule has 3 heterocycles. The molecule has 3 aromatic rings. The third kappa shape index (κ3) is 4.60. The van der Waals surface area contributed by atoms with Gasteiger partial charge in [0.1, 0.15) is 5.15 Å². The van der Waals surface area contributed by atoms with Crippen molar-refractivity contribution in [1.82, 2.24) is 14.9 Å². The van der Waals surface area contributed by atoms with Crippen LogP contribution in [0.4, 0.5) is 5.13 Å². The van der Waals surface area contributed by atoms with Gasteiger partial charge in [-0.2, -0.15) is 0 Å². The van der Waals surface area contributed by atoms with Crippen LogP contribution in [0.1, 0.15) is 40.5 Å². The topological polar surface area (TPSA) is 58.1 Å². The Morgan fingerprint density at radius 3 is 2.86 bits per heavy atom. The van der Waals surface area contributed by atoms with Gasteiger partial charge in [-0.05, 0) is 55.3 Å². The first-order valence-corrected chi connectivity index (χ1v) is 11.0. The number of aromatic nitrogens is 2. The Kier molecular flexibility index (Phi) is 6.06. The summed E-state index contributed by atoms with van der Waals surface area (Å²) in [6, 6.07) is 11.4. The van der Waals surface area contributed by atoms with Gasteiger partial charge in [0.25, 0.3) is 5.91 Å². The predicted octanol–water partition coefficient (Wildman–Crippen LogP) is 5.54. The summed E-state index contributed by atoms with van der Waals surface area (Å²) in [6.45, 7) is 1.83. The van der Waals surface area contributed by atoms with Crippen molar-refractivity contribution in [3.8, 4) is 0 Å². The van der Waals surface area contributed by atoms with Gasteiger partial charge in [0.15, 0.2) is 5.13 Å².